The van der Waals surface area contributed by atoms with Gasteiger partial charge in [-0.05, 0) is 36.4 Å². The lowest BCUT2D eigenvalue weighted by atomic mass is 10.3. The third kappa shape index (κ3) is 4.82. The van der Waals surface area contributed by atoms with Gasteiger partial charge in [-0.15, -0.1) is 0 Å². The molecule has 116 valence electrons. The van der Waals surface area contributed by atoms with Crippen molar-refractivity contribution < 1.29 is 4.74 Å². The number of pyridine rings is 1. The summed E-state index contributed by atoms with van der Waals surface area (Å²) in [5.41, 5.74) is 0. The number of benzene rings is 2. The van der Waals surface area contributed by atoms with E-state index in [-0.39, 0.29) is 0 Å². The molecule has 0 aliphatic rings. The van der Waals surface area contributed by atoms with E-state index in [1.807, 2.05) is 54.6 Å². The van der Waals surface area contributed by atoms with Crippen molar-refractivity contribution in [2.45, 2.75) is 9.79 Å². The number of hydrogen-bond donors (Lipinski definition) is 0. The van der Waals surface area contributed by atoms with Crippen LogP contribution >= 0.6 is 44.8 Å². The van der Waals surface area contributed by atoms with Gasteiger partial charge < -0.3 is 4.74 Å². The predicted octanol–water partition coefficient (Wildman–Crippen LogP) is 6.98. The van der Waals surface area contributed by atoms with E-state index < -0.39 is 0 Å². The second kappa shape index (κ2) is 7.97. The van der Waals surface area contributed by atoms with Gasteiger partial charge in [0.15, 0.2) is 0 Å². The van der Waals surface area contributed by atoms with Crippen LogP contribution in [-0.4, -0.2) is 4.98 Å². The first-order valence-corrected chi connectivity index (χ1v) is 9.60. The van der Waals surface area contributed by atoms with Crippen LogP contribution in [0.1, 0.15) is 0 Å². The van der Waals surface area contributed by atoms with Gasteiger partial charge in [0, 0.05) is 22.1 Å². The van der Waals surface area contributed by atoms with Gasteiger partial charge >= 0.3 is 0 Å². The van der Waals surface area contributed by atoms with Crippen LogP contribution in [0.3, 0.4) is 0 Å². The lowest BCUT2D eigenvalue weighted by Crippen LogP contribution is -1.86. The lowest BCUT2D eigenvalue weighted by molar-refractivity contribution is 0.462. The van der Waals surface area contributed by atoms with E-state index in [0.29, 0.717) is 15.9 Å². The van der Waals surface area contributed by atoms with Gasteiger partial charge in [0.05, 0.1) is 10.0 Å². The molecule has 0 aliphatic carbocycles. The number of para-hydroxylation sites is 1. The van der Waals surface area contributed by atoms with Crippen LogP contribution in [0.25, 0.3) is 0 Å². The number of ether oxygens (including phenoxy) is 1. The minimum absolute atomic E-state index is 0.557. The van der Waals surface area contributed by atoms with Gasteiger partial charge in [-0.25, -0.2) is 4.98 Å². The Morgan fingerprint density at radius 1 is 0.783 bits per heavy atom. The van der Waals surface area contributed by atoms with Crippen molar-refractivity contribution in [2.24, 2.45) is 0 Å². The molecule has 0 unspecified atom stereocenters. The zero-order chi connectivity index (χ0) is 16.1. The van der Waals surface area contributed by atoms with Crippen LogP contribution in [0, 0.1) is 0 Å². The maximum Gasteiger partial charge on any atom is 0.219 e. The van der Waals surface area contributed by atoms with E-state index in [1.165, 1.54) is 0 Å². The van der Waals surface area contributed by atoms with Gasteiger partial charge in [-0.1, -0.05) is 63.0 Å². The maximum absolute atomic E-state index is 6.01. The molecule has 1 aromatic heterocycles. The molecule has 2 nitrogen and oxygen atoms in total. The van der Waals surface area contributed by atoms with E-state index in [4.69, 9.17) is 27.9 Å². The summed E-state index contributed by atoms with van der Waals surface area (Å²) < 4.78 is 5.67. The second-order valence-electron chi connectivity index (χ2n) is 4.49. The van der Waals surface area contributed by atoms with Crippen LogP contribution in [0.2, 0.25) is 10.0 Å². The highest BCUT2D eigenvalue weighted by Crippen LogP contribution is 2.39. The molecule has 2 aromatic carbocycles. The first-order valence-electron chi connectivity index (χ1n) is 6.69. The Labute approximate surface area is 152 Å². The Bertz CT molecular complexity index is 782. The van der Waals surface area contributed by atoms with E-state index in [1.54, 1.807) is 33.9 Å². The average Bonchev–Trinajstić information content (AvgIpc) is 2.58. The molecule has 0 atom stereocenters. The summed E-state index contributed by atoms with van der Waals surface area (Å²) >= 11 is 11.9. The molecule has 0 aliphatic heterocycles. The molecule has 0 fully saturated rings. The number of rotatable bonds is 5. The lowest BCUT2D eigenvalue weighted by Gasteiger charge is -2.05. The molecule has 6 heteroatoms. The highest BCUT2D eigenvalue weighted by atomic mass is 35.5. The Morgan fingerprint density at radius 2 is 1.52 bits per heavy atom. The molecule has 0 amide bonds. The molecule has 0 spiro atoms. The van der Waals surface area contributed by atoms with Crippen LogP contribution < -0.4 is 4.74 Å². The van der Waals surface area contributed by atoms with Crippen molar-refractivity contribution in [3.05, 3.63) is 76.9 Å². The molecule has 0 saturated carbocycles. The van der Waals surface area contributed by atoms with Crippen molar-refractivity contribution in [3.8, 4) is 11.6 Å². The maximum atomic E-state index is 6.01. The van der Waals surface area contributed by atoms with Crippen molar-refractivity contribution >= 4 is 44.8 Å². The molecule has 3 aromatic rings. The van der Waals surface area contributed by atoms with E-state index in [2.05, 4.69) is 4.98 Å². The third-order valence-corrected chi connectivity index (χ3v) is 5.91. The Morgan fingerprint density at radius 3 is 2.22 bits per heavy atom. The first kappa shape index (κ1) is 16.5. The number of hydrogen-bond acceptors (Lipinski definition) is 4. The van der Waals surface area contributed by atoms with Gasteiger partial charge in [0.2, 0.25) is 5.88 Å². The predicted molar refractivity (Wildman–Crippen MR) is 98.9 cm³/mol. The minimum Gasteiger partial charge on any atom is -0.439 e. The molecule has 23 heavy (non-hydrogen) atoms. The third-order valence-electron chi connectivity index (χ3n) is 2.80. The molecular formula is C17H11Cl2NOS2. The normalized spacial score (nSPS) is 10.5. The standard InChI is InChI=1S/C17H11Cl2NOS2/c18-15-8-6-13(10-16(15)19)22-23-14-7-9-17(20-11-14)21-12-4-2-1-3-5-12/h1-11H. The van der Waals surface area contributed by atoms with Crippen molar-refractivity contribution in [3.63, 3.8) is 0 Å². The highest BCUT2D eigenvalue weighted by Gasteiger charge is 2.03. The molecule has 0 radical (unpaired) electrons. The Balaban J connectivity index is 1.60. The van der Waals surface area contributed by atoms with E-state index >= 15 is 0 Å². The monoisotopic (exact) mass is 379 g/mol. The first-order chi connectivity index (χ1) is 11.2. The summed E-state index contributed by atoms with van der Waals surface area (Å²) in [5, 5.41) is 1.12. The van der Waals surface area contributed by atoms with Gasteiger partial charge in [-0.3, -0.25) is 0 Å². The van der Waals surface area contributed by atoms with Gasteiger partial charge in [-0.2, -0.15) is 0 Å². The van der Waals surface area contributed by atoms with Crippen LogP contribution in [0.5, 0.6) is 11.6 Å². The van der Waals surface area contributed by atoms with Crippen molar-refractivity contribution in [1.29, 1.82) is 0 Å². The number of aromatic nitrogens is 1. The summed E-state index contributed by atoms with van der Waals surface area (Å²) in [6.07, 6.45) is 1.79. The van der Waals surface area contributed by atoms with E-state index in [9.17, 15) is 0 Å². The summed E-state index contributed by atoms with van der Waals surface area (Å²) in [6, 6.07) is 19.0. The fourth-order valence-corrected chi connectivity index (χ4v) is 3.96. The van der Waals surface area contributed by atoms with E-state index in [0.717, 1.165) is 15.5 Å². The zero-order valence-corrected chi connectivity index (χ0v) is 14.9. The topological polar surface area (TPSA) is 22.1 Å². The molecule has 0 bridgehead atoms. The van der Waals surface area contributed by atoms with Gasteiger partial charge in [0.25, 0.3) is 0 Å². The van der Waals surface area contributed by atoms with Gasteiger partial charge in [0.1, 0.15) is 5.75 Å². The summed E-state index contributed by atoms with van der Waals surface area (Å²) in [5.74, 6) is 1.34. The zero-order valence-electron chi connectivity index (χ0n) is 11.8. The Kier molecular flexibility index (Phi) is 5.73. The fraction of sp³-hybridized carbons (Fsp3) is 0. The second-order valence-corrected chi connectivity index (χ2v) is 7.58. The molecular weight excluding hydrogens is 369 g/mol. The quantitative estimate of drug-likeness (QED) is 0.445. The van der Waals surface area contributed by atoms with Crippen LogP contribution in [-0.2, 0) is 0 Å². The average molecular weight is 380 g/mol. The molecule has 0 N–H and O–H groups in total. The molecule has 0 saturated heterocycles. The summed E-state index contributed by atoms with van der Waals surface area (Å²) in [7, 11) is 3.20. The molecule has 1 heterocycles. The number of nitrogens with zero attached hydrogens (tertiary/aromatic N) is 1. The number of halogens is 2. The highest BCUT2D eigenvalue weighted by molar-refractivity contribution is 8.76. The van der Waals surface area contributed by atoms with Crippen molar-refractivity contribution in [2.75, 3.05) is 0 Å². The smallest absolute Gasteiger partial charge is 0.219 e. The fourth-order valence-electron chi connectivity index (χ4n) is 1.71. The minimum atomic E-state index is 0.557. The SMILES string of the molecule is Clc1ccc(SSc2ccc(Oc3ccccc3)nc2)cc1Cl. The largest absolute Gasteiger partial charge is 0.439 e. The van der Waals surface area contributed by atoms with Crippen molar-refractivity contribution in [1.82, 2.24) is 4.98 Å². The van der Waals surface area contributed by atoms with Crippen LogP contribution in [0.15, 0.2) is 76.7 Å². The Hall–Kier alpha value is -1.33. The summed E-state index contributed by atoms with van der Waals surface area (Å²) in [4.78, 5) is 6.38. The molecule has 3 rings (SSSR count). The van der Waals surface area contributed by atoms with Crippen LogP contribution in [0.4, 0.5) is 0 Å². The summed E-state index contributed by atoms with van der Waals surface area (Å²) in [6.45, 7) is 0.